The molecule has 0 bridgehead atoms. The summed E-state index contributed by atoms with van der Waals surface area (Å²) in [5.41, 5.74) is 2.94. The maximum absolute atomic E-state index is 15.2. The van der Waals surface area contributed by atoms with Crippen LogP contribution >= 0.6 is 34.5 Å². The van der Waals surface area contributed by atoms with Crippen molar-refractivity contribution >= 4 is 56.9 Å². The van der Waals surface area contributed by atoms with Crippen molar-refractivity contribution < 1.29 is 18.0 Å². The van der Waals surface area contributed by atoms with Gasteiger partial charge in [0.25, 0.3) is 5.89 Å². The average molecular weight is 536 g/mol. The minimum Gasteiger partial charge on any atom is -0.419 e. The second-order valence-electron chi connectivity index (χ2n) is 8.93. The van der Waals surface area contributed by atoms with E-state index in [1.165, 1.54) is 12.1 Å². The highest BCUT2D eigenvalue weighted by atomic mass is 35.5. The van der Waals surface area contributed by atoms with Gasteiger partial charge in [0.2, 0.25) is 12.3 Å². The summed E-state index contributed by atoms with van der Waals surface area (Å²) in [6.45, 7) is 2.08. The van der Waals surface area contributed by atoms with E-state index >= 15 is 8.78 Å². The Hall–Kier alpha value is -2.82. The highest BCUT2D eigenvalue weighted by molar-refractivity contribution is 7.17. The number of halogens is 4. The van der Waals surface area contributed by atoms with E-state index in [1.807, 2.05) is 18.2 Å². The maximum atomic E-state index is 15.2. The van der Waals surface area contributed by atoms with E-state index in [2.05, 4.69) is 20.1 Å². The lowest BCUT2D eigenvalue weighted by Crippen LogP contribution is -2.59. The molecule has 180 valence electrons. The van der Waals surface area contributed by atoms with Gasteiger partial charge in [-0.05, 0) is 24.3 Å². The molecular formula is C23H17Cl2F2N5O2S. The molecule has 1 spiro atoms. The van der Waals surface area contributed by atoms with Crippen LogP contribution in [-0.4, -0.2) is 52.7 Å². The van der Waals surface area contributed by atoms with Crippen molar-refractivity contribution in [2.75, 3.05) is 31.1 Å². The minimum atomic E-state index is -3.55. The third-order valence-corrected chi connectivity index (χ3v) is 8.40. The Kier molecular flexibility index (Phi) is 5.24. The third kappa shape index (κ3) is 3.57. The van der Waals surface area contributed by atoms with E-state index < -0.39 is 17.4 Å². The summed E-state index contributed by atoms with van der Waals surface area (Å²) in [5, 5.41) is 7.93. The van der Waals surface area contributed by atoms with Crippen molar-refractivity contribution in [3.8, 4) is 0 Å². The van der Waals surface area contributed by atoms with Crippen molar-refractivity contribution in [2.45, 2.75) is 11.8 Å². The highest BCUT2D eigenvalue weighted by Gasteiger charge is 2.57. The summed E-state index contributed by atoms with van der Waals surface area (Å²) in [6, 6.07) is 9.49. The van der Waals surface area contributed by atoms with Gasteiger partial charge < -0.3 is 14.2 Å². The number of fused-ring (bicyclic) bond motifs is 1. The van der Waals surface area contributed by atoms with Gasteiger partial charge in [0.1, 0.15) is 0 Å². The largest absolute Gasteiger partial charge is 0.419 e. The monoisotopic (exact) mass is 535 g/mol. The van der Waals surface area contributed by atoms with Gasteiger partial charge >= 0.3 is 5.92 Å². The van der Waals surface area contributed by atoms with Crippen LogP contribution in [0.5, 0.6) is 0 Å². The number of hydrogen-bond donors (Lipinski definition) is 0. The lowest BCUT2D eigenvalue weighted by Gasteiger charge is -2.48. The fraction of sp³-hybridized carbons (Fsp3) is 0.304. The van der Waals surface area contributed by atoms with Crippen LogP contribution in [0, 0.1) is 5.41 Å². The zero-order chi connectivity index (χ0) is 24.4. The predicted octanol–water partition coefficient (Wildman–Crippen LogP) is 5.19. The number of alkyl halides is 2. The molecule has 6 rings (SSSR count). The lowest BCUT2D eigenvalue weighted by molar-refractivity contribution is -0.129. The van der Waals surface area contributed by atoms with Gasteiger partial charge in [0, 0.05) is 37.2 Å². The summed E-state index contributed by atoms with van der Waals surface area (Å²) in [6.07, 6.45) is 0.798. The Bertz CT molecular complexity index is 1440. The number of anilines is 1. The van der Waals surface area contributed by atoms with Gasteiger partial charge in [0.15, 0.2) is 0 Å². The first-order chi connectivity index (χ1) is 16.8. The molecular weight excluding hydrogens is 519 g/mol. The number of rotatable bonds is 5. The smallest absolute Gasteiger partial charge is 0.349 e. The molecule has 2 aliphatic heterocycles. The fourth-order valence-electron chi connectivity index (χ4n) is 5.09. The Morgan fingerprint density at radius 2 is 1.97 bits per heavy atom. The zero-order valence-corrected chi connectivity index (χ0v) is 20.3. The Morgan fingerprint density at radius 3 is 2.74 bits per heavy atom. The number of carbonyl (C=O) groups is 1. The predicted molar refractivity (Wildman–Crippen MR) is 128 cm³/mol. The van der Waals surface area contributed by atoms with E-state index in [0.717, 1.165) is 28.4 Å². The summed E-state index contributed by atoms with van der Waals surface area (Å²) in [5.74, 6) is -4.55. The van der Waals surface area contributed by atoms with Crippen LogP contribution in [0.15, 0.2) is 46.3 Å². The summed E-state index contributed by atoms with van der Waals surface area (Å²) in [4.78, 5) is 19.6. The van der Waals surface area contributed by atoms with E-state index in [4.69, 9.17) is 27.6 Å². The number of nitrogens with zero attached hydrogens (tertiary/aromatic N) is 5. The molecule has 0 radical (unpaired) electrons. The SMILES string of the molecule is O=CN1CC2(C1)CN(c1cccc3ncsc13)CC2c1nnc(C(F)(F)c2ccc(Cl)c(Cl)c2)o1. The van der Waals surface area contributed by atoms with Crippen molar-refractivity contribution in [1.82, 2.24) is 20.1 Å². The number of benzene rings is 2. The molecule has 4 heterocycles. The first-order valence-corrected chi connectivity index (χ1v) is 12.4. The van der Waals surface area contributed by atoms with E-state index in [0.29, 0.717) is 26.2 Å². The molecule has 4 aromatic rings. The molecule has 35 heavy (non-hydrogen) atoms. The second kappa shape index (κ2) is 8.11. The van der Waals surface area contributed by atoms with E-state index in [-0.39, 0.29) is 27.3 Å². The molecule has 2 aromatic heterocycles. The third-order valence-electron chi connectivity index (χ3n) is 6.80. The van der Waals surface area contributed by atoms with Crippen molar-refractivity contribution in [3.63, 3.8) is 0 Å². The molecule has 0 saturated carbocycles. The fourth-order valence-corrected chi connectivity index (χ4v) is 6.22. The van der Waals surface area contributed by atoms with Crippen molar-refractivity contribution in [3.05, 3.63) is 69.3 Å². The standard InChI is InChI=1S/C23H17Cl2F2N5O2S/c24-15-5-4-13(6-16(15)25)23(26,27)21-30-29-20(34-21)14-7-32(10-22(14)8-31(9-22)12-33)18-3-1-2-17-19(18)35-11-28-17/h1-6,11-12,14H,7-10H2. The lowest BCUT2D eigenvalue weighted by atomic mass is 9.72. The minimum absolute atomic E-state index is 0.00892. The first-order valence-electron chi connectivity index (χ1n) is 10.7. The van der Waals surface area contributed by atoms with Gasteiger partial charge in [-0.3, -0.25) is 4.79 Å². The van der Waals surface area contributed by atoms with Crippen LogP contribution in [0.25, 0.3) is 10.2 Å². The molecule has 0 N–H and O–H groups in total. The molecule has 1 amide bonds. The highest BCUT2D eigenvalue weighted by Crippen LogP contribution is 2.51. The molecule has 12 heteroatoms. The van der Waals surface area contributed by atoms with Crippen LogP contribution < -0.4 is 4.90 Å². The maximum Gasteiger partial charge on any atom is 0.349 e. The Labute approximate surface area is 212 Å². The molecule has 2 aliphatic rings. The summed E-state index contributed by atoms with van der Waals surface area (Å²) >= 11 is 13.4. The molecule has 2 saturated heterocycles. The van der Waals surface area contributed by atoms with Crippen molar-refractivity contribution in [2.24, 2.45) is 5.41 Å². The summed E-state index contributed by atoms with van der Waals surface area (Å²) < 4.78 is 37.1. The van der Waals surface area contributed by atoms with Crippen LogP contribution in [0.3, 0.4) is 0 Å². The second-order valence-corrected chi connectivity index (χ2v) is 10.6. The number of thiazole rings is 1. The number of carbonyl (C=O) groups excluding carboxylic acids is 1. The normalized spacial score (nSPS) is 19.5. The molecule has 0 aliphatic carbocycles. The Morgan fingerprint density at radius 1 is 1.14 bits per heavy atom. The molecule has 2 aromatic carbocycles. The number of aromatic nitrogens is 3. The van der Waals surface area contributed by atoms with Gasteiger partial charge in [-0.15, -0.1) is 21.5 Å². The molecule has 2 fully saturated rings. The first kappa shape index (κ1) is 22.6. The molecule has 7 nitrogen and oxygen atoms in total. The topological polar surface area (TPSA) is 75.4 Å². The van der Waals surface area contributed by atoms with Crippen LogP contribution in [0.2, 0.25) is 10.0 Å². The molecule has 1 unspecified atom stereocenters. The van der Waals surface area contributed by atoms with Gasteiger partial charge in [0.05, 0.1) is 37.4 Å². The van der Waals surface area contributed by atoms with Crippen LogP contribution in [0.1, 0.15) is 23.3 Å². The van der Waals surface area contributed by atoms with Crippen LogP contribution in [0.4, 0.5) is 14.5 Å². The summed E-state index contributed by atoms with van der Waals surface area (Å²) in [7, 11) is 0. The Balaban J connectivity index is 1.34. The van der Waals surface area contributed by atoms with Gasteiger partial charge in [-0.2, -0.15) is 8.78 Å². The quantitative estimate of drug-likeness (QED) is 0.327. The van der Waals surface area contributed by atoms with Crippen molar-refractivity contribution in [1.29, 1.82) is 0 Å². The average Bonchev–Trinajstić information content (AvgIpc) is 3.56. The number of hydrogen-bond acceptors (Lipinski definition) is 7. The van der Waals surface area contributed by atoms with Crippen LogP contribution in [-0.2, 0) is 10.7 Å². The van der Waals surface area contributed by atoms with Gasteiger partial charge in [-0.25, -0.2) is 4.98 Å². The number of likely N-dealkylation sites (tertiary alicyclic amines) is 1. The van der Waals surface area contributed by atoms with E-state index in [1.54, 1.807) is 21.7 Å². The zero-order valence-electron chi connectivity index (χ0n) is 18.0. The van der Waals surface area contributed by atoms with Gasteiger partial charge in [-0.1, -0.05) is 35.3 Å². The molecule has 1 atom stereocenters. The van der Waals surface area contributed by atoms with E-state index in [9.17, 15) is 4.79 Å². The number of amides is 1.